The second kappa shape index (κ2) is 8.61. The van der Waals surface area contributed by atoms with E-state index < -0.39 is 0 Å². The van der Waals surface area contributed by atoms with Crippen molar-refractivity contribution in [1.82, 2.24) is 35.0 Å². The molecule has 0 aliphatic carbocycles. The predicted octanol–water partition coefficient (Wildman–Crippen LogP) is 2.76. The average Bonchev–Trinajstić information content (AvgIpc) is 3.37. The third-order valence-corrected chi connectivity index (χ3v) is 6.48. The van der Waals surface area contributed by atoms with Crippen molar-refractivity contribution in [3.05, 3.63) is 52.2 Å². The van der Waals surface area contributed by atoms with Crippen molar-refractivity contribution in [2.45, 2.75) is 39.2 Å². The van der Waals surface area contributed by atoms with Crippen molar-refractivity contribution in [3.63, 3.8) is 0 Å². The lowest BCUT2D eigenvalue weighted by Gasteiger charge is -2.22. The summed E-state index contributed by atoms with van der Waals surface area (Å²) in [7, 11) is 0. The Balaban J connectivity index is 1.39. The van der Waals surface area contributed by atoms with Gasteiger partial charge in [0.15, 0.2) is 0 Å². The monoisotopic (exact) mass is 425 g/mol. The summed E-state index contributed by atoms with van der Waals surface area (Å²) in [6.07, 6.45) is 2.48. The number of amides is 1. The largest absolute Gasteiger partial charge is 0.337 e. The number of aromatic nitrogens is 5. The third-order valence-electron chi connectivity index (χ3n) is 5.16. The van der Waals surface area contributed by atoms with Crippen molar-refractivity contribution >= 4 is 17.2 Å². The smallest absolute Gasteiger partial charge is 0.253 e. The molecule has 3 aromatic rings. The van der Waals surface area contributed by atoms with Gasteiger partial charge in [0.05, 0.1) is 16.4 Å². The maximum atomic E-state index is 13.1. The van der Waals surface area contributed by atoms with Crippen molar-refractivity contribution < 1.29 is 4.79 Å². The maximum absolute atomic E-state index is 13.1. The molecule has 0 bridgehead atoms. The Hall–Kier alpha value is -2.65. The van der Waals surface area contributed by atoms with E-state index in [1.54, 1.807) is 16.0 Å². The quantitative estimate of drug-likeness (QED) is 0.639. The van der Waals surface area contributed by atoms with Crippen LogP contribution in [0.25, 0.3) is 5.69 Å². The van der Waals surface area contributed by atoms with Gasteiger partial charge in [0, 0.05) is 49.1 Å². The number of benzene rings is 1. The first-order chi connectivity index (χ1) is 14.4. The van der Waals surface area contributed by atoms with E-state index in [1.807, 2.05) is 29.2 Å². The number of hydrogen-bond donors (Lipinski definition) is 0. The van der Waals surface area contributed by atoms with Crippen LogP contribution in [0.1, 0.15) is 48.3 Å². The molecule has 1 saturated heterocycles. The van der Waals surface area contributed by atoms with Gasteiger partial charge in [-0.05, 0) is 35.0 Å². The summed E-state index contributed by atoms with van der Waals surface area (Å²) in [6.45, 7) is 10.7. The fourth-order valence-corrected chi connectivity index (χ4v) is 4.43. The zero-order chi connectivity index (χ0) is 21.1. The summed E-state index contributed by atoms with van der Waals surface area (Å²) in [6, 6.07) is 7.44. The Morgan fingerprint density at radius 1 is 1.17 bits per heavy atom. The van der Waals surface area contributed by atoms with Crippen LogP contribution in [0.3, 0.4) is 0 Å². The molecule has 0 unspecified atom stereocenters. The molecule has 2 aromatic heterocycles. The van der Waals surface area contributed by atoms with Gasteiger partial charge >= 0.3 is 0 Å². The van der Waals surface area contributed by atoms with Crippen LogP contribution in [-0.4, -0.2) is 67.1 Å². The van der Waals surface area contributed by atoms with Gasteiger partial charge in [-0.1, -0.05) is 26.8 Å². The highest BCUT2D eigenvalue weighted by molar-refractivity contribution is 7.09. The van der Waals surface area contributed by atoms with E-state index in [-0.39, 0.29) is 11.3 Å². The molecule has 1 aliphatic rings. The lowest BCUT2D eigenvalue weighted by molar-refractivity contribution is 0.0761. The van der Waals surface area contributed by atoms with Gasteiger partial charge in [-0.3, -0.25) is 9.69 Å². The second-order valence-corrected chi connectivity index (χ2v) is 9.48. The van der Waals surface area contributed by atoms with Gasteiger partial charge in [0.25, 0.3) is 5.91 Å². The summed E-state index contributed by atoms with van der Waals surface area (Å²) >= 11 is 1.73. The topological polar surface area (TPSA) is 80.0 Å². The summed E-state index contributed by atoms with van der Waals surface area (Å²) in [5.41, 5.74) is 2.65. The van der Waals surface area contributed by atoms with Gasteiger partial charge in [0.1, 0.15) is 6.33 Å². The van der Waals surface area contributed by atoms with E-state index in [0.717, 1.165) is 44.0 Å². The van der Waals surface area contributed by atoms with E-state index in [2.05, 4.69) is 46.6 Å². The van der Waals surface area contributed by atoms with Crippen LogP contribution >= 0.6 is 11.3 Å². The van der Waals surface area contributed by atoms with Crippen molar-refractivity contribution in [1.29, 1.82) is 0 Å². The first-order valence-electron chi connectivity index (χ1n) is 10.2. The van der Waals surface area contributed by atoms with Crippen LogP contribution in [0.5, 0.6) is 0 Å². The van der Waals surface area contributed by atoms with Gasteiger partial charge in [0.2, 0.25) is 0 Å². The molecule has 0 atom stereocenters. The van der Waals surface area contributed by atoms with E-state index in [4.69, 9.17) is 4.98 Å². The lowest BCUT2D eigenvalue weighted by Crippen LogP contribution is -2.35. The second-order valence-electron chi connectivity index (χ2n) is 8.62. The fraction of sp³-hybridized carbons (Fsp3) is 0.476. The molecule has 9 heteroatoms. The van der Waals surface area contributed by atoms with Crippen LogP contribution in [-0.2, 0) is 12.0 Å². The van der Waals surface area contributed by atoms with Crippen LogP contribution in [0.15, 0.2) is 36.0 Å². The van der Waals surface area contributed by atoms with Crippen LogP contribution < -0.4 is 0 Å². The minimum atomic E-state index is 0.0513. The molecule has 0 radical (unpaired) electrons. The number of hydrogen-bond acceptors (Lipinski definition) is 7. The summed E-state index contributed by atoms with van der Waals surface area (Å²) in [5, 5.41) is 14.6. The third kappa shape index (κ3) is 4.73. The zero-order valence-electron chi connectivity index (χ0n) is 17.7. The summed E-state index contributed by atoms with van der Waals surface area (Å²) in [4.78, 5) is 22.2. The molecule has 1 aliphatic heterocycles. The maximum Gasteiger partial charge on any atom is 0.253 e. The molecule has 4 rings (SSSR count). The van der Waals surface area contributed by atoms with Gasteiger partial charge in [-0.2, -0.15) is 0 Å². The number of tetrazole rings is 1. The Bertz CT molecular complexity index is 993. The normalized spacial score (nSPS) is 15.9. The molecule has 1 amide bonds. The molecule has 158 valence electrons. The summed E-state index contributed by atoms with van der Waals surface area (Å²) in [5.74, 6) is 0.0513. The van der Waals surface area contributed by atoms with Crippen LogP contribution in [0.4, 0.5) is 0 Å². The molecule has 1 aromatic carbocycles. The van der Waals surface area contributed by atoms with E-state index in [9.17, 15) is 4.79 Å². The van der Waals surface area contributed by atoms with Crippen LogP contribution in [0, 0.1) is 0 Å². The van der Waals surface area contributed by atoms with Gasteiger partial charge in [-0.25, -0.2) is 9.67 Å². The fourth-order valence-electron chi connectivity index (χ4n) is 3.53. The summed E-state index contributed by atoms with van der Waals surface area (Å²) < 4.78 is 1.56. The molecule has 3 heterocycles. The SMILES string of the molecule is CC(C)(C)c1nc(CN2CCCN(C(=O)c3cccc(-n4cnnn4)c3)CC2)cs1. The minimum Gasteiger partial charge on any atom is -0.337 e. The molecule has 0 N–H and O–H groups in total. The lowest BCUT2D eigenvalue weighted by atomic mass is 9.98. The molecule has 30 heavy (non-hydrogen) atoms. The minimum absolute atomic E-state index is 0.0513. The van der Waals surface area contributed by atoms with E-state index in [0.29, 0.717) is 12.1 Å². The standard InChI is InChI=1S/C21H27N7OS/c1-21(2,3)20-23-17(14-30-20)13-26-8-5-9-27(11-10-26)19(29)16-6-4-7-18(12-16)28-15-22-24-25-28/h4,6-7,12,14-15H,5,8-11,13H2,1-3H3. The highest BCUT2D eigenvalue weighted by Crippen LogP contribution is 2.26. The molecular formula is C21H27N7OS. The van der Waals surface area contributed by atoms with E-state index >= 15 is 0 Å². The Morgan fingerprint density at radius 3 is 2.77 bits per heavy atom. The van der Waals surface area contributed by atoms with Gasteiger partial charge < -0.3 is 4.90 Å². The van der Waals surface area contributed by atoms with Crippen LogP contribution in [0.2, 0.25) is 0 Å². The highest BCUT2D eigenvalue weighted by atomic mass is 32.1. The number of nitrogens with zero attached hydrogens (tertiary/aromatic N) is 7. The molecular weight excluding hydrogens is 398 g/mol. The number of carbonyl (C=O) groups is 1. The Labute approximate surface area is 180 Å². The number of rotatable bonds is 4. The molecule has 8 nitrogen and oxygen atoms in total. The first-order valence-corrected chi connectivity index (χ1v) is 11.1. The molecule has 0 spiro atoms. The number of thiazole rings is 1. The van der Waals surface area contributed by atoms with Crippen molar-refractivity contribution in [3.8, 4) is 5.69 Å². The predicted molar refractivity (Wildman–Crippen MR) is 116 cm³/mol. The Morgan fingerprint density at radius 2 is 2.03 bits per heavy atom. The van der Waals surface area contributed by atoms with E-state index in [1.165, 1.54) is 11.3 Å². The Kier molecular flexibility index (Phi) is 5.92. The number of carbonyl (C=O) groups excluding carboxylic acids is 1. The molecule has 1 fully saturated rings. The molecule has 0 saturated carbocycles. The van der Waals surface area contributed by atoms with Crippen molar-refractivity contribution in [2.75, 3.05) is 26.2 Å². The first kappa shape index (κ1) is 20.6. The van der Waals surface area contributed by atoms with Crippen molar-refractivity contribution in [2.24, 2.45) is 0 Å². The zero-order valence-corrected chi connectivity index (χ0v) is 18.5. The van der Waals surface area contributed by atoms with Gasteiger partial charge in [-0.15, -0.1) is 16.4 Å². The highest BCUT2D eigenvalue weighted by Gasteiger charge is 2.22. The average molecular weight is 426 g/mol.